The number of carbonyl (C=O) groups is 2. The molecule has 0 radical (unpaired) electrons. The number of carbonyl (C=O) groups excluding carboxylic acids is 2. The van der Waals surface area contributed by atoms with Crippen molar-refractivity contribution in [3.8, 4) is 11.7 Å². The molecule has 3 heterocycles. The minimum Gasteiger partial charge on any atom is -0.465 e. The average molecular weight is 451 g/mol. The molecule has 1 amide bonds. The summed E-state index contributed by atoms with van der Waals surface area (Å²) >= 11 is 1.27. The third-order valence-electron chi connectivity index (χ3n) is 4.54. The monoisotopic (exact) mass is 451 g/mol. The predicted molar refractivity (Wildman–Crippen MR) is 105 cm³/mol. The van der Waals surface area contributed by atoms with E-state index in [4.69, 9.17) is 13.6 Å². The number of amides is 1. The van der Waals surface area contributed by atoms with E-state index in [2.05, 4.69) is 15.5 Å². The van der Waals surface area contributed by atoms with Gasteiger partial charge in [0.2, 0.25) is 15.7 Å². The maximum absolute atomic E-state index is 12.5. The SMILES string of the molecule is COC(=O)c1c(NC(=O)CS(=O)(=O)c2nnc(-c3ccco3)o2)sc2c1CCCC2. The standard InChI is InChI=1S/C18H17N3O7S2/c1-26-17(23)14-10-5-2-3-7-12(10)29-16(14)19-13(22)9-30(24,25)18-21-20-15(28-18)11-6-4-8-27-11/h4,6,8H,2-3,5,7,9H2,1H3,(H,19,22). The third-order valence-corrected chi connectivity index (χ3v) is 7.09. The Hall–Kier alpha value is -2.99. The number of thiophene rings is 1. The summed E-state index contributed by atoms with van der Waals surface area (Å²) < 4.78 is 40.1. The number of ether oxygens (including phenoxy) is 1. The van der Waals surface area contributed by atoms with Crippen LogP contribution in [-0.2, 0) is 32.2 Å². The van der Waals surface area contributed by atoms with Crippen LogP contribution >= 0.6 is 11.3 Å². The second kappa shape index (κ2) is 8.03. The summed E-state index contributed by atoms with van der Waals surface area (Å²) in [6.45, 7) is 0. The Kier molecular flexibility index (Phi) is 5.43. The molecule has 1 aliphatic carbocycles. The fraction of sp³-hybridized carbons (Fsp3) is 0.333. The molecular formula is C18H17N3O7S2. The number of fused-ring (bicyclic) bond motifs is 1. The number of hydrogen-bond acceptors (Lipinski definition) is 10. The number of hydrogen-bond donors (Lipinski definition) is 1. The van der Waals surface area contributed by atoms with E-state index in [0.717, 1.165) is 29.7 Å². The van der Waals surface area contributed by atoms with Crippen molar-refractivity contribution in [3.05, 3.63) is 34.4 Å². The van der Waals surface area contributed by atoms with E-state index < -0.39 is 32.7 Å². The van der Waals surface area contributed by atoms with E-state index in [-0.39, 0.29) is 16.7 Å². The highest BCUT2D eigenvalue weighted by atomic mass is 32.2. The molecule has 0 saturated heterocycles. The Morgan fingerprint density at radius 3 is 2.80 bits per heavy atom. The van der Waals surface area contributed by atoms with Crippen LogP contribution in [0, 0.1) is 0 Å². The summed E-state index contributed by atoms with van der Waals surface area (Å²) in [4.78, 5) is 25.7. The summed E-state index contributed by atoms with van der Waals surface area (Å²) in [6.07, 6.45) is 4.81. The van der Waals surface area contributed by atoms with Gasteiger partial charge in [0.25, 0.3) is 5.89 Å². The Bertz CT molecular complexity index is 1190. The largest absolute Gasteiger partial charge is 0.465 e. The van der Waals surface area contributed by atoms with Crippen molar-refractivity contribution < 1.29 is 31.6 Å². The van der Waals surface area contributed by atoms with Crippen LogP contribution in [0.5, 0.6) is 0 Å². The normalized spacial score (nSPS) is 13.6. The maximum Gasteiger partial charge on any atom is 0.341 e. The fourth-order valence-electron chi connectivity index (χ4n) is 3.20. The second-order valence-corrected chi connectivity index (χ2v) is 9.54. The molecule has 3 aromatic rings. The molecule has 0 bridgehead atoms. The number of aromatic nitrogens is 2. The van der Waals surface area contributed by atoms with Gasteiger partial charge in [-0.3, -0.25) is 4.79 Å². The Labute approximate surface area is 175 Å². The van der Waals surface area contributed by atoms with Crippen molar-refractivity contribution in [2.75, 3.05) is 18.2 Å². The molecule has 30 heavy (non-hydrogen) atoms. The molecule has 0 spiro atoms. The van der Waals surface area contributed by atoms with Gasteiger partial charge >= 0.3 is 11.2 Å². The van der Waals surface area contributed by atoms with E-state index in [0.29, 0.717) is 12.0 Å². The number of anilines is 1. The Morgan fingerprint density at radius 2 is 2.07 bits per heavy atom. The van der Waals surface area contributed by atoms with Gasteiger partial charge in [0.1, 0.15) is 10.8 Å². The van der Waals surface area contributed by atoms with Gasteiger partial charge in [0, 0.05) is 4.88 Å². The predicted octanol–water partition coefficient (Wildman–Crippen LogP) is 2.47. The lowest BCUT2D eigenvalue weighted by Crippen LogP contribution is -2.24. The molecule has 1 aliphatic rings. The lowest BCUT2D eigenvalue weighted by molar-refractivity contribution is -0.113. The van der Waals surface area contributed by atoms with Crippen LogP contribution in [0.3, 0.4) is 0 Å². The molecule has 10 nitrogen and oxygen atoms in total. The van der Waals surface area contributed by atoms with Crippen LogP contribution in [0.15, 0.2) is 32.5 Å². The van der Waals surface area contributed by atoms with E-state index in [1.165, 1.54) is 30.8 Å². The highest BCUT2D eigenvalue weighted by Crippen LogP contribution is 2.38. The molecule has 0 fully saturated rings. The number of nitrogens with zero attached hydrogens (tertiary/aromatic N) is 2. The molecule has 0 aliphatic heterocycles. The van der Waals surface area contributed by atoms with Gasteiger partial charge in [-0.25, -0.2) is 13.2 Å². The number of aryl methyl sites for hydroxylation is 1. The smallest absolute Gasteiger partial charge is 0.341 e. The molecule has 0 atom stereocenters. The van der Waals surface area contributed by atoms with Crippen molar-refractivity contribution in [1.29, 1.82) is 0 Å². The number of esters is 1. The topological polar surface area (TPSA) is 142 Å². The van der Waals surface area contributed by atoms with E-state index in [1.807, 2.05) is 0 Å². The highest BCUT2D eigenvalue weighted by molar-refractivity contribution is 7.91. The van der Waals surface area contributed by atoms with Crippen LogP contribution in [0.2, 0.25) is 0 Å². The summed E-state index contributed by atoms with van der Waals surface area (Å²) in [5, 5.41) is 9.26. The van der Waals surface area contributed by atoms with Gasteiger partial charge in [-0.15, -0.1) is 16.4 Å². The number of nitrogens with one attached hydrogen (secondary N) is 1. The number of methoxy groups -OCH3 is 1. The zero-order valence-corrected chi connectivity index (χ0v) is 17.5. The first-order valence-corrected chi connectivity index (χ1v) is 11.5. The molecule has 0 unspecified atom stereocenters. The summed E-state index contributed by atoms with van der Waals surface area (Å²) in [5.74, 6) is -2.21. The Balaban J connectivity index is 1.53. The number of rotatable bonds is 6. The van der Waals surface area contributed by atoms with Gasteiger partial charge in [-0.05, 0) is 43.4 Å². The van der Waals surface area contributed by atoms with Crippen LogP contribution < -0.4 is 5.32 Å². The molecule has 158 valence electrons. The van der Waals surface area contributed by atoms with Crippen LogP contribution in [0.4, 0.5) is 5.00 Å². The van der Waals surface area contributed by atoms with Crippen molar-refractivity contribution in [3.63, 3.8) is 0 Å². The molecule has 3 aromatic heterocycles. The minimum atomic E-state index is -4.20. The maximum atomic E-state index is 12.5. The molecule has 0 saturated carbocycles. The van der Waals surface area contributed by atoms with Crippen molar-refractivity contribution in [2.45, 2.75) is 30.9 Å². The summed E-state index contributed by atoms with van der Waals surface area (Å²) in [5.41, 5.74) is 1.15. The first-order valence-electron chi connectivity index (χ1n) is 9.02. The van der Waals surface area contributed by atoms with Crippen LogP contribution in [0.1, 0.15) is 33.6 Å². The van der Waals surface area contributed by atoms with Crippen molar-refractivity contribution >= 4 is 38.1 Å². The first-order chi connectivity index (χ1) is 14.4. The van der Waals surface area contributed by atoms with Crippen molar-refractivity contribution in [2.24, 2.45) is 0 Å². The third kappa shape index (κ3) is 3.87. The van der Waals surface area contributed by atoms with E-state index >= 15 is 0 Å². The number of furan rings is 1. The van der Waals surface area contributed by atoms with Crippen LogP contribution in [0.25, 0.3) is 11.7 Å². The zero-order valence-electron chi connectivity index (χ0n) is 15.8. The second-order valence-electron chi connectivity index (χ2n) is 6.56. The first kappa shape index (κ1) is 20.3. The zero-order chi connectivity index (χ0) is 21.3. The lowest BCUT2D eigenvalue weighted by Gasteiger charge is -2.11. The summed E-state index contributed by atoms with van der Waals surface area (Å²) in [6, 6.07) is 3.12. The van der Waals surface area contributed by atoms with Gasteiger partial charge in [0.05, 0.1) is 18.9 Å². The van der Waals surface area contributed by atoms with Gasteiger partial charge < -0.3 is 18.9 Å². The van der Waals surface area contributed by atoms with Gasteiger partial charge in [-0.2, -0.15) is 0 Å². The minimum absolute atomic E-state index is 0.113. The highest BCUT2D eigenvalue weighted by Gasteiger charge is 2.30. The van der Waals surface area contributed by atoms with Gasteiger partial charge in [-0.1, -0.05) is 5.10 Å². The van der Waals surface area contributed by atoms with Gasteiger partial charge in [0.15, 0.2) is 5.76 Å². The molecule has 12 heteroatoms. The van der Waals surface area contributed by atoms with E-state index in [1.54, 1.807) is 6.07 Å². The Morgan fingerprint density at radius 1 is 1.27 bits per heavy atom. The summed E-state index contributed by atoms with van der Waals surface area (Å²) in [7, 11) is -2.93. The average Bonchev–Trinajstić information content (AvgIpc) is 3.45. The van der Waals surface area contributed by atoms with Crippen molar-refractivity contribution in [1.82, 2.24) is 10.2 Å². The molecule has 1 N–H and O–H groups in total. The van der Waals surface area contributed by atoms with Crippen LogP contribution in [-0.4, -0.2) is 43.4 Å². The molecule has 4 rings (SSSR count). The molecular weight excluding hydrogens is 434 g/mol. The fourth-order valence-corrected chi connectivity index (χ4v) is 5.41. The molecule has 0 aromatic carbocycles. The van der Waals surface area contributed by atoms with E-state index in [9.17, 15) is 18.0 Å². The lowest BCUT2D eigenvalue weighted by atomic mass is 9.95. The number of sulfone groups is 1. The quantitative estimate of drug-likeness (QED) is 0.559.